The molecule has 0 unspecified atom stereocenters. The van der Waals surface area contributed by atoms with Crippen molar-refractivity contribution in [3.63, 3.8) is 0 Å². The highest BCUT2D eigenvalue weighted by Gasteiger charge is 2.28. The molecule has 0 radical (unpaired) electrons. The zero-order valence-corrected chi connectivity index (χ0v) is 13.8. The van der Waals surface area contributed by atoms with Crippen molar-refractivity contribution in [2.75, 3.05) is 20.0 Å². The Hall–Kier alpha value is -1.16. The van der Waals surface area contributed by atoms with Crippen molar-refractivity contribution in [3.05, 3.63) is 23.3 Å². The highest BCUT2D eigenvalue weighted by atomic mass is 32.2. The molecule has 110 valence electrons. The number of aliphatic imine (C=N–C) groups is 1. The zero-order chi connectivity index (χ0) is 14.8. The number of methoxy groups -OCH3 is 1. The summed E-state index contributed by atoms with van der Waals surface area (Å²) in [5, 5.41) is 1.08. The van der Waals surface area contributed by atoms with Gasteiger partial charge in [0.25, 0.3) is 0 Å². The van der Waals surface area contributed by atoms with E-state index in [1.807, 2.05) is 0 Å². The van der Waals surface area contributed by atoms with Gasteiger partial charge in [-0.2, -0.15) is 0 Å². The first-order valence-electron chi connectivity index (χ1n) is 6.98. The van der Waals surface area contributed by atoms with Gasteiger partial charge in [-0.15, -0.1) is 11.8 Å². The maximum atomic E-state index is 5.81. The van der Waals surface area contributed by atoms with Gasteiger partial charge in [0.2, 0.25) is 0 Å². The van der Waals surface area contributed by atoms with Gasteiger partial charge in [-0.3, -0.25) is 4.99 Å². The molecule has 0 bridgehead atoms. The first kappa shape index (κ1) is 15.2. The van der Waals surface area contributed by atoms with E-state index in [0.717, 1.165) is 29.4 Å². The molecule has 1 aliphatic rings. The Balaban J connectivity index is 2.47. The SMILES string of the molecule is CCCOc1cc2c(cc1OC)C(SC)=NC(C)(C)C2. The molecule has 2 rings (SSSR count). The fourth-order valence-corrected chi connectivity index (χ4v) is 3.18. The lowest BCUT2D eigenvalue weighted by molar-refractivity contribution is 0.293. The quantitative estimate of drug-likeness (QED) is 0.843. The lowest BCUT2D eigenvalue weighted by Gasteiger charge is -2.29. The summed E-state index contributed by atoms with van der Waals surface area (Å²) in [4.78, 5) is 4.82. The van der Waals surface area contributed by atoms with Crippen molar-refractivity contribution in [1.82, 2.24) is 0 Å². The van der Waals surface area contributed by atoms with Gasteiger partial charge in [-0.05, 0) is 50.6 Å². The summed E-state index contributed by atoms with van der Waals surface area (Å²) in [6.07, 6.45) is 3.99. The Labute approximate surface area is 125 Å². The number of nitrogens with zero attached hydrogens (tertiary/aromatic N) is 1. The summed E-state index contributed by atoms with van der Waals surface area (Å²) in [6, 6.07) is 4.18. The molecule has 0 aromatic heterocycles. The minimum atomic E-state index is -0.0536. The Morgan fingerprint density at radius 3 is 2.65 bits per heavy atom. The predicted molar refractivity (Wildman–Crippen MR) is 86.6 cm³/mol. The molecular weight excluding hydrogens is 270 g/mol. The molecule has 0 N–H and O–H groups in total. The van der Waals surface area contributed by atoms with Crippen LogP contribution < -0.4 is 9.47 Å². The molecule has 0 fully saturated rings. The number of fused-ring (bicyclic) bond motifs is 1. The first-order chi connectivity index (χ1) is 9.50. The topological polar surface area (TPSA) is 30.8 Å². The molecule has 0 amide bonds. The van der Waals surface area contributed by atoms with Gasteiger partial charge in [0.1, 0.15) is 0 Å². The lowest BCUT2D eigenvalue weighted by Crippen LogP contribution is -2.28. The maximum absolute atomic E-state index is 5.81. The van der Waals surface area contributed by atoms with E-state index >= 15 is 0 Å². The number of rotatable bonds is 4. The largest absolute Gasteiger partial charge is 0.493 e. The summed E-state index contributed by atoms with van der Waals surface area (Å²) in [5.41, 5.74) is 2.42. The van der Waals surface area contributed by atoms with E-state index in [-0.39, 0.29) is 5.54 Å². The molecule has 0 spiro atoms. The highest BCUT2D eigenvalue weighted by Crippen LogP contribution is 2.37. The summed E-state index contributed by atoms with van der Waals surface area (Å²) in [7, 11) is 1.68. The maximum Gasteiger partial charge on any atom is 0.161 e. The second kappa shape index (κ2) is 6.08. The Morgan fingerprint density at radius 2 is 2.05 bits per heavy atom. The number of thioether (sulfide) groups is 1. The van der Waals surface area contributed by atoms with Gasteiger partial charge >= 0.3 is 0 Å². The van der Waals surface area contributed by atoms with Crippen LogP contribution in [0.4, 0.5) is 0 Å². The lowest BCUT2D eigenvalue weighted by atomic mass is 9.89. The highest BCUT2D eigenvalue weighted by molar-refractivity contribution is 8.13. The average Bonchev–Trinajstić information content (AvgIpc) is 2.42. The standard InChI is InChI=1S/C16H23NO2S/c1-6-7-19-14-8-11-10-16(2,3)17-15(20-5)12(11)9-13(14)18-4/h8-9H,6-7,10H2,1-5H3. The molecule has 4 heteroatoms. The van der Waals surface area contributed by atoms with Crippen molar-refractivity contribution in [1.29, 1.82) is 0 Å². The second-order valence-electron chi connectivity index (χ2n) is 5.62. The van der Waals surface area contributed by atoms with E-state index in [2.05, 4.69) is 39.2 Å². The average molecular weight is 293 g/mol. The van der Waals surface area contributed by atoms with Crippen LogP contribution in [0.25, 0.3) is 0 Å². The van der Waals surface area contributed by atoms with Gasteiger partial charge in [-0.25, -0.2) is 0 Å². The van der Waals surface area contributed by atoms with Crippen LogP contribution in [0.1, 0.15) is 38.3 Å². The molecule has 0 atom stereocenters. The van der Waals surface area contributed by atoms with E-state index in [4.69, 9.17) is 14.5 Å². The minimum Gasteiger partial charge on any atom is -0.493 e. The van der Waals surface area contributed by atoms with Crippen molar-refractivity contribution in [2.24, 2.45) is 4.99 Å². The van der Waals surface area contributed by atoms with Crippen LogP contribution >= 0.6 is 11.8 Å². The third-order valence-electron chi connectivity index (χ3n) is 3.30. The molecule has 1 aliphatic heterocycles. The normalized spacial score (nSPS) is 16.4. The summed E-state index contributed by atoms with van der Waals surface area (Å²) < 4.78 is 11.3. The number of hydrogen-bond donors (Lipinski definition) is 0. The molecule has 1 aromatic rings. The van der Waals surface area contributed by atoms with Gasteiger partial charge in [0.15, 0.2) is 11.5 Å². The Bertz CT molecular complexity index is 523. The predicted octanol–water partition coefficient (Wildman–Crippen LogP) is 3.93. The first-order valence-corrected chi connectivity index (χ1v) is 8.21. The molecule has 1 aromatic carbocycles. The van der Waals surface area contributed by atoms with Gasteiger partial charge in [0.05, 0.1) is 24.3 Å². The van der Waals surface area contributed by atoms with Gasteiger partial charge in [0, 0.05) is 5.56 Å². The molecular formula is C16H23NO2S. The molecule has 3 nitrogen and oxygen atoms in total. The number of hydrogen-bond acceptors (Lipinski definition) is 4. The van der Waals surface area contributed by atoms with Crippen LogP contribution in [0.5, 0.6) is 11.5 Å². The number of benzene rings is 1. The van der Waals surface area contributed by atoms with Crippen LogP contribution in [0.15, 0.2) is 17.1 Å². The van der Waals surface area contributed by atoms with Crippen LogP contribution in [0, 0.1) is 0 Å². The van der Waals surface area contributed by atoms with E-state index in [1.54, 1.807) is 18.9 Å². The molecule has 0 saturated heterocycles. The third-order valence-corrected chi connectivity index (χ3v) is 4.00. The van der Waals surface area contributed by atoms with Crippen molar-refractivity contribution in [2.45, 2.75) is 39.2 Å². The van der Waals surface area contributed by atoms with Crippen molar-refractivity contribution < 1.29 is 9.47 Å². The number of ether oxygens (including phenoxy) is 2. The van der Waals surface area contributed by atoms with Crippen LogP contribution in [0.3, 0.4) is 0 Å². The fraction of sp³-hybridized carbons (Fsp3) is 0.562. The van der Waals surface area contributed by atoms with Gasteiger partial charge < -0.3 is 9.47 Å². The van der Waals surface area contributed by atoms with Crippen LogP contribution in [-0.4, -0.2) is 30.6 Å². The smallest absolute Gasteiger partial charge is 0.161 e. The van der Waals surface area contributed by atoms with E-state index in [0.29, 0.717) is 6.61 Å². The molecule has 20 heavy (non-hydrogen) atoms. The Morgan fingerprint density at radius 1 is 1.30 bits per heavy atom. The monoisotopic (exact) mass is 293 g/mol. The van der Waals surface area contributed by atoms with Crippen LogP contribution in [0.2, 0.25) is 0 Å². The van der Waals surface area contributed by atoms with Crippen molar-refractivity contribution in [3.8, 4) is 11.5 Å². The minimum absolute atomic E-state index is 0.0536. The van der Waals surface area contributed by atoms with E-state index in [9.17, 15) is 0 Å². The molecule has 1 heterocycles. The summed E-state index contributed by atoms with van der Waals surface area (Å²) in [5.74, 6) is 1.63. The third kappa shape index (κ3) is 3.11. The summed E-state index contributed by atoms with van der Waals surface area (Å²) in [6.45, 7) is 7.15. The van der Waals surface area contributed by atoms with Gasteiger partial charge in [-0.1, -0.05) is 6.92 Å². The Kier molecular flexibility index (Phi) is 4.63. The fourth-order valence-electron chi connectivity index (χ4n) is 2.43. The van der Waals surface area contributed by atoms with E-state index in [1.165, 1.54) is 11.1 Å². The van der Waals surface area contributed by atoms with E-state index < -0.39 is 0 Å². The van der Waals surface area contributed by atoms with Crippen molar-refractivity contribution >= 4 is 16.8 Å². The summed E-state index contributed by atoms with van der Waals surface area (Å²) >= 11 is 1.69. The second-order valence-corrected chi connectivity index (χ2v) is 6.41. The van der Waals surface area contributed by atoms with Crippen LogP contribution in [-0.2, 0) is 6.42 Å². The zero-order valence-electron chi connectivity index (χ0n) is 12.9. The molecule has 0 aliphatic carbocycles. The molecule has 0 saturated carbocycles.